The van der Waals surface area contributed by atoms with Crippen molar-refractivity contribution in [2.24, 2.45) is 11.7 Å². The Labute approximate surface area is 166 Å². The first-order valence-electron chi connectivity index (χ1n) is 9.05. The maximum Gasteiger partial charge on any atom is 0.244 e. The zero-order valence-electron chi connectivity index (χ0n) is 15.1. The third-order valence-corrected chi connectivity index (χ3v) is 5.29. The normalized spacial score (nSPS) is 17.6. The first kappa shape index (κ1) is 18.5. The molecule has 0 aliphatic carbocycles. The number of anilines is 1. The van der Waals surface area contributed by atoms with Gasteiger partial charge in [0.25, 0.3) is 0 Å². The number of carbonyl (C=O) groups excluding carboxylic acids is 2. The first-order chi connectivity index (χ1) is 13.5. The molecule has 1 aromatic heterocycles. The molecule has 1 saturated heterocycles. The highest BCUT2D eigenvalue weighted by Gasteiger charge is 2.33. The van der Waals surface area contributed by atoms with Crippen molar-refractivity contribution >= 4 is 40.0 Å². The number of fused-ring (bicyclic) bond motifs is 1. The Morgan fingerprint density at radius 2 is 2.14 bits per heavy atom. The van der Waals surface area contributed by atoms with E-state index >= 15 is 0 Å². The summed E-state index contributed by atoms with van der Waals surface area (Å²) in [6.07, 6.45) is 2.31. The van der Waals surface area contributed by atoms with E-state index in [0.29, 0.717) is 35.8 Å². The van der Waals surface area contributed by atoms with Crippen LogP contribution in [0.1, 0.15) is 18.0 Å². The largest absolute Gasteiger partial charge is 0.340 e. The van der Waals surface area contributed by atoms with Gasteiger partial charge in [-0.05, 0) is 42.3 Å². The van der Waals surface area contributed by atoms with Crippen molar-refractivity contribution in [1.82, 2.24) is 15.1 Å². The summed E-state index contributed by atoms with van der Waals surface area (Å²) < 4.78 is 0. The molecule has 2 amide bonds. The highest BCUT2D eigenvalue weighted by molar-refractivity contribution is 6.30. The standard InChI is InChI=1S/C20H20ClN5O2/c21-15-3-1-2-12(8-15)18(22)20(28)26-7-6-13(11-26)19(27)24-16-4-5-17-14(9-16)10-23-25-17/h1-5,8-10,13,18H,6-7,11,22H2,(H,23,25)(H,24,27). The fourth-order valence-corrected chi connectivity index (χ4v) is 3.68. The summed E-state index contributed by atoms with van der Waals surface area (Å²) in [6, 6.07) is 11.7. The molecule has 2 aromatic carbocycles. The van der Waals surface area contributed by atoms with Crippen molar-refractivity contribution in [2.75, 3.05) is 18.4 Å². The Hall–Kier alpha value is -2.90. The summed E-state index contributed by atoms with van der Waals surface area (Å²) in [4.78, 5) is 27.0. The van der Waals surface area contributed by atoms with Crippen LogP contribution in [-0.4, -0.2) is 40.0 Å². The molecule has 4 N–H and O–H groups in total. The fraction of sp³-hybridized carbons (Fsp3) is 0.250. The smallest absolute Gasteiger partial charge is 0.244 e. The predicted molar refractivity (Wildman–Crippen MR) is 108 cm³/mol. The third kappa shape index (κ3) is 3.72. The Bertz CT molecular complexity index is 1030. The maximum atomic E-state index is 12.7. The quantitative estimate of drug-likeness (QED) is 0.629. The van der Waals surface area contributed by atoms with Gasteiger partial charge in [-0.2, -0.15) is 5.10 Å². The van der Waals surface area contributed by atoms with Gasteiger partial charge in [0.15, 0.2) is 0 Å². The van der Waals surface area contributed by atoms with Crippen LogP contribution in [0.4, 0.5) is 5.69 Å². The van der Waals surface area contributed by atoms with E-state index in [1.165, 1.54) is 0 Å². The minimum Gasteiger partial charge on any atom is -0.340 e. The molecule has 8 heteroatoms. The molecule has 2 atom stereocenters. The summed E-state index contributed by atoms with van der Waals surface area (Å²) in [7, 11) is 0. The first-order valence-corrected chi connectivity index (χ1v) is 9.43. The third-order valence-electron chi connectivity index (χ3n) is 5.05. The molecule has 0 saturated carbocycles. The van der Waals surface area contributed by atoms with Crippen LogP contribution in [0, 0.1) is 5.92 Å². The van der Waals surface area contributed by atoms with Crippen LogP contribution in [0.15, 0.2) is 48.7 Å². The number of H-pyrrole nitrogens is 1. The Balaban J connectivity index is 1.38. The zero-order valence-corrected chi connectivity index (χ0v) is 15.8. The SMILES string of the molecule is NC(C(=O)N1CCC(C(=O)Nc2ccc3[nH]ncc3c2)C1)c1cccc(Cl)c1. The molecule has 1 aliphatic heterocycles. The van der Waals surface area contributed by atoms with Gasteiger partial charge in [-0.3, -0.25) is 14.7 Å². The average molecular weight is 398 g/mol. The highest BCUT2D eigenvalue weighted by atomic mass is 35.5. The van der Waals surface area contributed by atoms with E-state index in [-0.39, 0.29) is 17.7 Å². The number of nitrogens with one attached hydrogen (secondary N) is 2. The lowest BCUT2D eigenvalue weighted by atomic mass is 10.1. The predicted octanol–water partition coefficient (Wildman–Crippen LogP) is 2.70. The van der Waals surface area contributed by atoms with Crippen molar-refractivity contribution in [2.45, 2.75) is 12.5 Å². The monoisotopic (exact) mass is 397 g/mol. The molecule has 1 fully saturated rings. The number of nitrogens with zero attached hydrogens (tertiary/aromatic N) is 2. The van der Waals surface area contributed by atoms with Gasteiger partial charge in [-0.1, -0.05) is 23.7 Å². The van der Waals surface area contributed by atoms with E-state index in [1.807, 2.05) is 18.2 Å². The van der Waals surface area contributed by atoms with Crippen molar-refractivity contribution in [3.05, 3.63) is 59.2 Å². The molecule has 0 bridgehead atoms. The average Bonchev–Trinajstić information content (AvgIpc) is 3.36. The van der Waals surface area contributed by atoms with Crippen LogP contribution < -0.4 is 11.1 Å². The zero-order chi connectivity index (χ0) is 19.7. The molecule has 144 valence electrons. The van der Waals surface area contributed by atoms with Crippen LogP contribution in [0.25, 0.3) is 10.9 Å². The Morgan fingerprint density at radius 1 is 1.29 bits per heavy atom. The Morgan fingerprint density at radius 3 is 2.96 bits per heavy atom. The van der Waals surface area contributed by atoms with Crippen LogP contribution in [0.2, 0.25) is 5.02 Å². The van der Waals surface area contributed by atoms with Gasteiger partial charge in [0.1, 0.15) is 6.04 Å². The van der Waals surface area contributed by atoms with E-state index in [1.54, 1.807) is 35.4 Å². The molecule has 2 heterocycles. The van der Waals surface area contributed by atoms with Crippen LogP contribution in [-0.2, 0) is 9.59 Å². The number of amides is 2. The fourth-order valence-electron chi connectivity index (χ4n) is 3.48. The lowest BCUT2D eigenvalue weighted by molar-refractivity contribution is -0.132. The van der Waals surface area contributed by atoms with E-state index < -0.39 is 6.04 Å². The molecule has 0 radical (unpaired) electrons. The number of aromatic amines is 1. The van der Waals surface area contributed by atoms with Gasteiger partial charge in [0, 0.05) is 29.2 Å². The van der Waals surface area contributed by atoms with Gasteiger partial charge in [-0.15, -0.1) is 0 Å². The summed E-state index contributed by atoms with van der Waals surface area (Å²) in [5.74, 6) is -0.567. The molecule has 7 nitrogen and oxygen atoms in total. The van der Waals surface area contributed by atoms with Gasteiger partial charge in [0.2, 0.25) is 11.8 Å². The van der Waals surface area contributed by atoms with E-state index in [4.69, 9.17) is 17.3 Å². The Kier molecular flexibility index (Phi) is 5.02. The topological polar surface area (TPSA) is 104 Å². The maximum absolute atomic E-state index is 12.7. The van der Waals surface area contributed by atoms with Crippen molar-refractivity contribution < 1.29 is 9.59 Å². The van der Waals surface area contributed by atoms with Gasteiger partial charge >= 0.3 is 0 Å². The highest BCUT2D eigenvalue weighted by Crippen LogP contribution is 2.24. The molecule has 0 spiro atoms. The number of aromatic nitrogens is 2. The number of halogens is 1. The summed E-state index contributed by atoms with van der Waals surface area (Å²) in [6.45, 7) is 0.860. The molecule has 4 rings (SSSR count). The lowest BCUT2D eigenvalue weighted by Crippen LogP contribution is -2.38. The molecular formula is C20H20ClN5O2. The van der Waals surface area contributed by atoms with Gasteiger partial charge < -0.3 is 16.0 Å². The molecule has 1 aliphatic rings. The van der Waals surface area contributed by atoms with Crippen molar-refractivity contribution in [3.8, 4) is 0 Å². The second kappa shape index (κ2) is 7.61. The number of nitrogens with two attached hydrogens (primary N) is 1. The number of hydrogen-bond donors (Lipinski definition) is 3. The molecule has 3 aromatic rings. The number of benzene rings is 2. The van der Waals surface area contributed by atoms with Gasteiger partial charge in [-0.25, -0.2) is 0 Å². The van der Waals surface area contributed by atoms with Crippen molar-refractivity contribution in [1.29, 1.82) is 0 Å². The number of rotatable bonds is 4. The van der Waals surface area contributed by atoms with E-state index in [9.17, 15) is 9.59 Å². The van der Waals surface area contributed by atoms with E-state index in [2.05, 4.69) is 15.5 Å². The second-order valence-electron chi connectivity index (χ2n) is 6.96. The number of hydrogen-bond acceptors (Lipinski definition) is 4. The lowest BCUT2D eigenvalue weighted by Gasteiger charge is -2.21. The summed E-state index contributed by atoms with van der Waals surface area (Å²) in [5.41, 5.74) is 8.40. The van der Waals surface area contributed by atoms with Crippen LogP contribution in [0.3, 0.4) is 0 Å². The van der Waals surface area contributed by atoms with E-state index in [0.717, 1.165) is 10.9 Å². The summed E-state index contributed by atoms with van der Waals surface area (Å²) >= 11 is 5.98. The number of likely N-dealkylation sites (tertiary alicyclic amines) is 1. The minimum atomic E-state index is -0.788. The van der Waals surface area contributed by atoms with Crippen LogP contribution >= 0.6 is 11.6 Å². The van der Waals surface area contributed by atoms with Gasteiger partial charge in [0.05, 0.1) is 17.6 Å². The summed E-state index contributed by atoms with van der Waals surface area (Å²) in [5, 5.41) is 11.2. The molecule has 28 heavy (non-hydrogen) atoms. The van der Waals surface area contributed by atoms with Crippen LogP contribution in [0.5, 0.6) is 0 Å². The molecule has 2 unspecified atom stereocenters. The minimum absolute atomic E-state index is 0.102. The molecular weight excluding hydrogens is 378 g/mol. The number of carbonyl (C=O) groups is 2. The van der Waals surface area contributed by atoms with Crippen molar-refractivity contribution in [3.63, 3.8) is 0 Å². The second-order valence-corrected chi connectivity index (χ2v) is 7.40.